The third-order valence-corrected chi connectivity index (χ3v) is 3.64. The molecular formula is C19H29N3O4. The lowest BCUT2D eigenvalue weighted by molar-refractivity contribution is -0.146. The van der Waals surface area contributed by atoms with E-state index in [1.165, 1.54) is 11.0 Å². The van der Waals surface area contributed by atoms with E-state index in [2.05, 4.69) is 18.8 Å². The van der Waals surface area contributed by atoms with E-state index < -0.39 is 23.1 Å². The molecule has 0 saturated heterocycles. The SMILES string of the molecule is CC(C)[C@H](N)C(=O)OCCCn1c(=O)c(=O)[nH]c2ccccc21.CCC. The molecule has 0 unspecified atom stereocenters. The van der Waals surface area contributed by atoms with Crippen molar-refractivity contribution in [3.05, 3.63) is 45.0 Å². The molecule has 0 aliphatic rings. The second-order valence-corrected chi connectivity index (χ2v) is 6.43. The van der Waals surface area contributed by atoms with Crippen LogP contribution in [0.3, 0.4) is 0 Å². The maximum Gasteiger partial charge on any atom is 0.323 e. The summed E-state index contributed by atoms with van der Waals surface area (Å²) in [6.07, 6.45) is 1.67. The fourth-order valence-electron chi connectivity index (χ4n) is 2.21. The van der Waals surface area contributed by atoms with Crippen molar-refractivity contribution in [3.63, 3.8) is 0 Å². The Morgan fingerprint density at radius 3 is 2.46 bits per heavy atom. The lowest BCUT2D eigenvalue weighted by Crippen LogP contribution is -2.38. The van der Waals surface area contributed by atoms with Crippen LogP contribution in [0.1, 0.15) is 40.5 Å². The maximum absolute atomic E-state index is 12.0. The lowest BCUT2D eigenvalue weighted by atomic mass is 10.1. The Bertz CT molecular complexity index is 823. The molecule has 0 fully saturated rings. The third kappa shape index (κ3) is 5.84. The Morgan fingerprint density at radius 2 is 1.85 bits per heavy atom. The molecule has 7 heteroatoms. The van der Waals surface area contributed by atoms with Crippen molar-refractivity contribution < 1.29 is 9.53 Å². The zero-order chi connectivity index (χ0) is 19.7. The number of hydrogen-bond acceptors (Lipinski definition) is 5. The van der Waals surface area contributed by atoms with Gasteiger partial charge in [0.2, 0.25) is 0 Å². The highest BCUT2D eigenvalue weighted by Gasteiger charge is 2.18. The largest absolute Gasteiger partial charge is 0.464 e. The molecule has 3 N–H and O–H groups in total. The van der Waals surface area contributed by atoms with Gasteiger partial charge in [0.25, 0.3) is 0 Å². The number of rotatable bonds is 6. The van der Waals surface area contributed by atoms with Crippen LogP contribution in [0.4, 0.5) is 0 Å². The standard InChI is InChI=1S/C16H21N3O4.C3H8/c1-10(2)13(17)16(22)23-9-5-8-19-12-7-4-3-6-11(12)18-14(20)15(19)21;1-3-2/h3-4,6-7,10,13H,5,8-9,17H2,1-2H3,(H,18,20);3H2,1-2H3/t13-;/m0./s1. The van der Waals surface area contributed by atoms with Crippen LogP contribution >= 0.6 is 0 Å². The number of aromatic amines is 1. The van der Waals surface area contributed by atoms with Crippen molar-refractivity contribution in [1.29, 1.82) is 0 Å². The summed E-state index contributed by atoms with van der Waals surface area (Å²) < 4.78 is 6.50. The number of carbonyl (C=O) groups is 1. The normalized spacial score (nSPS) is 11.8. The average Bonchev–Trinajstić information content (AvgIpc) is 2.61. The summed E-state index contributed by atoms with van der Waals surface area (Å²) in [5.41, 5.74) is 5.65. The number of hydrogen-bond donors (Lipinski definition) is 2. The third-order valence-electron chi connectivity index (χ3n) is 3.64. The van der Waals surface area contributed by atoms with Crippen LogP contribution in [0.15, 0.2) is 33.9 Å². The first-order chi connectivity index (χ1) is 12.3. The molecule has 0 spiro atoms. The number of H-pyrrole nitrogens is 1. The highest BCUT2D eigenvalue weighted by molar-refractivity contribution is 5.75. The molecule has 2 rings (SSSR count). The van der Waals surface area contributed by atoms with E-state index in [1.807, 2.05) is 13.8 Å². The van der Waals surface area contributed by atoms with Crippen LogP contribution in [0.25, 0.3) is 11.0 Å². The van der Waals surface area contributed by atoms with Gasteiger partial charge in [-0.2, -0.15) is 0 Å². The number of para-hydroxylation sites is 2. The van der Waals surface area contributed by atoms with Gasteiger partial charge in [-0.25, -0.2) is 0 Å². The van der Waals surface area contributed by atoms with Gasteiger partial charge in [-0.1, -0.05) is 46.2 Å². The molecule has 1 aromatic heterocycles. The number of aryl methyl sites for hydroxylation is 1. The van der Waals surface area contributed by atoms with Gasteiger partial charge >= 0.3 is 17.1 Å². The number of carbonyl (C=O) groups excluding carboxylic acids is 1. The summed E-state index contributed by atoms with van der Waals surface area (Å²) >= 11 is 0. The van der Waals surface area contributed by atoms with Gasteiger partial charge < -0.3 is 20.0 Å². The molecule has 0 aliphatic carbocycles. The molecule has 1 atom stereocenters. The van der Waals surface area contributed by atoms with Crippen LogP contribution in [-0.4, -0.2) is 28.2 Å². The molecule has 0 radical (unpaired) electrons. The van der Waals surface area contributed by atoms with E-state index in [9.17, 15) is 14.4 Å². The van der Waals surface area contributed by atoms with Crippen LogP contribution in [0.2, 0.25) is 0 Å². The number of fused-ring (bicyclic) bond motifs is 1. The minimum absolute atomic E-state index is 0.00162. The minimum Gasteiger partial charge on any atom is -0.464 e. The van der Waals surface area contributed by atoms with Crippen molar-refractivity contribution in [2.75, 3.05) is 6.61 Å². The minimum atomic E-state index is -0.664. The van der Waals surface area contributed by atoms with Gasteiger partial charge in [-0.05, 0) is 24.5 Å². The van der Waals surface area contributed by atoms with Crippen molar-refractivity contribution >= 4 is 17.0 Å². The van der Waals surface area contributed by atoms with E-state index in [4.69, 9.17) is 10.5 Å². The zero-order valence-electron chi connectivity index (χ0n) is 16.0. The Kier molecular flexibility index (Phi) is 8.78. The molecule has 0 saturated carbocycles. The van der Waals surface area contributed by atoms with Gasteiger partial charge in [-0.3, -0.25) is 14.4 Å². The van der Waals surface area contributed by atoms with Gasteiger partial charge in [0, 0.05) is 6.54 Å². The van der Waals surface area contributed by atoms with Gasteiger partial charge in [0.15, 0.2) is 0 Å². The van der Waals surface area contributed by atoms with Crippen molar-refractivity contribution in [1.82, 2.24) is 9.55 Å². The molecule has 2 aromatic rings. The molecule has 0 aliphatic heterocycles. The molecule has 7 nitrogen and oxygen atoms in total. The summed E-state index contributed by atoms with van der Waals surface area (Å²) in [6, 6.07) is 6.40. The number of aromatic nitrogens is 2. The first-order valence-electron chi connectivity index (χ1n) is 8.97. The maximum atomic E-state index is 12.0. The Balaban J connectivity index is 0.00000105. The topological polar surface area (TPSA) is 107 Å². The Hall–Kier alpha value is -2.41. The quantitative estimate of drug-likeness (QED) is 0.464. The van der Waals surface area contributed by atoms with Gasteiger partial charge in [0.05, 0.1) is 17.6 Å². The Labute approximate surface area is 153 Å². The first kappa shape index (κ1) is 21.6. The fourth-order valence-corrected chi connectivity index (χ4v) is 2.21. The van der Waals surface area contributed by atoms with E-state index >= 15 is 0 Å². The number of ether oxygens (including phenoxy) is 1. The zero-order valence-corrected chi connectivity index (χ0v) is 16.0. The predicted octanol–water partition coefficient (Wildman–Crippen LogP) is 2.02. The summed E-state index contributed by atoms with van der Waals surface area (Å²) in [4.78, 5) is 37.9. The molecule has 26 heavy (non-hydrogen) atoms. The smallest absolute Gasteiger partial charge is 0.323 e. The number of nitrogens with zero attached hydrogens (tertiary/aromatic N) is 1. The molecule has 0 bridgehead atoms. The van der Waals surface area contributed by atoms with Crippen LogP contribution in [-0.2, 0) is 16.1 Å². The predicted molar refractivity (Wildman–Crippen MR) is 103 cm³/mol. The van der Waals surface area contributed by atoms with Crippen LogP contribution in [0, 0.1) is 5.92 Å². The molecule has 144 valence electrons. The number of benzene rings is 1. The lowest BCUT2D eigenvalue weighted by Gasteiger charge is -2.15. The van der Waals surface area contributed by atoms with E-state index in [1.54, 1.807) is 24.3 Å². The molecule has 0 amide bonds. The number of nitrogens with two attached hydrogens (primary N) is 1. The van der Waals surface area contributed by atoms with Crippen molar-refractivity contribution in [2.45, 2.75) is 53.1 Å². The second-order valence-electron chi connectivity index (χ2n) is 6.43. The Morgan fingerprint density at radius 1 is 1.23 bits per heavy atom. The van der Waals surface area contributed by atoms with E-state index in [-0.39, 0.29) is 19.1 Å². The van der Waals surface area contributed by atoms with Crippen molar-refractivity contribution in [3.8, 4) is 0 Å². The summed E-state index contributed by atoms with van der Waals surface area (Å²) in [7, 11) is 0. The molecule has 1 aromatic carbocycles. The number of esters is 1. The van der Waals surface area contributed by atoms with Crippen LogP contribution < -0.4 is 16.9 Å². The van der Waals surface area contributed by atoms with Crippen molar-refractivity contribution in [2.24, 2.45) is 11.7 Å². The summed E-state index contributed by atoms with van der Waals surface area (Å²) in [5, 5.41) is 0. The summed E-state index contributed by atoms with van der Waals surface area (Å²) in [6.45, 7) is 8.36. The fraction of sp³-hybridized carbons (Fsp3) is 0.526. The van der Waals surface area contributed by atoms with Gasteiger partial charge in [-0.15, -0.1) is 0 Å². The molecule has 1 heterocycles. The monoisotopic (exact) mass is 363 g/mol. The molecular weight excluding hydrogens is 334 g/mol. The highest BCUT2D eigenvalue weighted by Crippen LogP contribution is 2.08. The van der Waals surface area contributed by atoms with Gasteiger partial charge in [0.1, 0.15) is 6.04 Å². The van der Waals surface area contributed by atoms with Crippen LogP contribution in [0.5, 0.6) is 0 Å². The number of nitrogens with one attached hydrogen (secondary N) is 1. The highest BCUT2D eigenvalue weighted by atomic mass is 16.5. The van der Waals surface area contributed by atoms with E-state index in [0.29, 0.717) is 17.5 Å². The first-order valence-corrected chi connectivity index (χ1v) is 8.97. The average molecular weight is 363 g/mol. The summed E-state index contributed by atoms with van der Waals surface area (Å²) in [5.74, 6) is -0.454. The second kappa shape index (κ2) is 10.6. The van der Waals surface area contributed by atoms with E-state index in [0.717, 1.165) is 0 Å².